The number of carbonyl (C=O) groups excluding carboxylic acids is 1. The van der Waals surface area contributed by atoms with Crippen molar-refractivity contribution in [2.45, 2.75) is 43.6 Å². The zero-order valence-electron chi connectivity index (χ0n) is 15.2. The van der Waals surface area contributed by atoms with Gasteiger partial charge in [-0.05, 0) is 58.4 Å². The van der Waals surface area contributed by atoms with E-state index in [0.29, 0.717) is 17.4 Å². The number of carbonyl (C=O) groups is 1. The number of nitrogens with zero attached hydrogens (tertiary/aromatic N) is 4. The first-order valence-electron chi connectivity index (χ1n) is 8.86. The number of amides is 1. The summed E-state index contributed by atoms with van der Waals surface area (Å²) < 4.78 is 0. The van der Waals surface area contributed by atoms with Gasteiger partial charge in [0.15, 0.2) is 0 Å². The molecule has 1 aliphatic carbocycles. The van der Waals surface area contributed by atoms with Crippen LogP contribution in [-0.2, 0) is 0 Å². The van der Waals surface area contributed by atoms with E-state index in [-0.39, 0.29) is 5.91 Å². The quantitative estimate of drug-likeness (QED) is 0.605. The van der Waals surface area contributed by atoms with Crippen LogP contribution in [0.3, 0.4) is 0 Å². The summed E-state index contributed by atoms with van der Waals surface area (Å²) in [5.74, 6) is 2.05. The summed E-state index contributed by atoms with van der Waals surface area (Å²) in [6.45, 7) is 4.99. The molecule has 24 heavy (non-hydrogen) atoms. The van der Waals surface area contributed by atoms with Crippen molar-refractivity contribution in [1.82, 2.24) is 19.8 Å². The van der Waals surface area contributed by atoms with E-state index in [1.807, 2.05) is 25.1 Å². The van der Waals surface area contributed by atoms with Crippen molar-refractivity contribution in [2.24, 2.45) is 5.92 Å². The SMILES string of the molecule is CSc1nc(C2CC2)nc(C)c1C(=O)N(C)CC1CCCN(C)C1. The van der Waals surface area contributed by atoms with Crippen LogP contribution < -0.4 is 0 Å². The molecule has 2 fully saturated rings. The molecule has 1 aromatic rings. The van der Waals surface area contributed by atoms with Gasteiger partial charge >= 0.3 is 0 Å². The van der Waals surface area contributed by atoms with Crippen molar-refractivity contribution in [3.63, 3.8) is 0 Å². The lowest BCUT2D eigenvalue weighted by Gasteiger charge is -2.32. The number of rotatable bonds is 5. The molecule has 2 aliphatic rings. The van der Waals surface area contributed by atoms with Gasteiger partial charge in [0.2, 0.25) is 0 Å². The van der Waals surface area contributed by atoms with Crippen LogP contribution in [0.25, 0.3) is 0 Å². The van der Waals surface area contributed by atoms with Gasteiger partial charge in [-0.15, -0.1) is 11.8 Å². The van der Waals surface area contributed by atoms with Crippen LogP contribution in [0.5, 0.6) is 0 Å². The van der Waals surface area contributed by atoms with Crippen LogP contribution in [-0.4, -0.2) is 65.7 Å². The lowest BCUT2D eigenvalue weighted by Crippen LogP contribution is -2.40. The van der Waals surface area contributed by atoms with E-state index in [0.717, 1.165) is 29.6 Å². The van der Waals surface area contributed by atoms with Crippen molar-refractivity contribution in [1.29, 1.82) is 0 Å². The molecule has 0 spiro atoms. The maximum absolute atomic E-state index is 13.0. The van der Waals surface area contributed by atoms with Gasteiger partial charge in [0.1, 0.15) is 10.9 Å². The Balaban J connectivity index is 1.75. The van der Waals surface area contributed by atoms with Crippen molar-refractivity contribution in [3.05, 3.63) is 17.1 Å². The van der Waals surface area contributed by atoms with Gasteiger partial charge in [0, 0.05) is 26.1 Å². The molecule has 0 N–H and O–H groups in total. The molecule has 1 saturated heterocycles. The van der Waals surface area contributed by atoms with Gasteiger partial charge in [-0.1, -0.05) is 0 Å². The molecule has 2 heterocycles. The van der Waals surface area contributed by atoms with E-state index < -0.39 is 0 Å². The first kappa shape index (κ1) is 17.7. The Morgan fingerprint density at radius 2 is 2.08 bits per heavy atom. The molecule has 1 atom stereocenters. The van der Waals surface area contributed by atoms with E-state index in [1.165, 1.54) is 32.2 Å². The van der Waals surface area contributed by atoms with Crippen LogP contribution in [0.4, 0.5) is 0 Å². The molecule has 1 aromatic heterocycles. The molecule has 5 nitrogen and oxygen atoms in total. The fourth-order valence-corrected chi connectivity index (χ4v) is 4.19. The lowest BCUT2D eigenvalue weighted by molar-refractivity contribution is 0.0735. The second kappa shape index (κ2) is 7.40. The first-order valence-corrected chi connectivity index (χ1v) is 10.1. The molecule has 6 heteroatoms. The number of aryl methyl sites for hydroxylation is 1. The molecule has 1 unspecified atom stereocenters. The second-order valence-corrected chi connectivity index (χ2v) is 8.08. The largest absolute Gasteiger partial charge is 0.341 e. The molecule has 1 saturated carbocycles. The molecule has 1 aliphatic heterocycles. The number of thioether (sulfide) groups is 1. The maximum Gasteiger partial charge on any atom is 0.258 e. The molecule has 0 radical (unpaired) electrons. The third kappa shape index (κ3) is 3.91. The Morgan fingerprint density at radius 3 is 2.71 bits per heavy atom. The Labute approximate surface area is 149 Å². The summed E-state index contributed by atoms with van der Waals surface area (Å²) in [5, 5.41) is 0.835. The summed E-state index contributed by atoms with van der Waals surface area (Å²) in [4.78, 5) is 26.5. The number of hydrogen-bond acceptors (Lipinski definition) is 5. The summed E-state index contributed by atoms with van der Waals surface area (Å²) in [6, 6.07) is 0. The van der Waals surface area contributed by atoms with Crippen LogP contribution >= 0.6 is 11.8 Å². The highest BCUT2D eigenvalue weighted by Crippen LogP contribution is 2.39. The highest BCUT2D eigenvalue weighted by atomic mass is 32.2. The summed E-state index contributed by atoms with van der Waals surface area (Å²) in [5.41, 5.74) is 1.52. The van der Waals surface area contributed by atoms with Gasteiger partial charge in [-0.25, -0.2) is 9.97 Å². The van der Waals surface area contributed by atoms with Crippen LogP contribution in [0, 0.1) is 12.8 Å². The summed E-state index contributed by atoms with van der Waals surface area (Å²) in [7, 11) is 4.07. The average Bonchev–Trinajstić information content (AvgIpc) is 3.38. The number of hydrogen-bond donors (Lipinski definition) is 0. The third-order valence-electron chi connectivity index (χ3n) is 5.02. The lowest BCUT2D eigenvalue weighted by atomic mass is 9.98. The fourth-order valence-electron chi connectivity index (χ4n) is 3.57. The normalized spacial score (nSPS) is 21.8. The average molecular weight is 349 g/mol. The Bertz CT molecular complexity index is 617. The first-order chi connectivity index (χ1) is 11.5. The molecule has 1 amide bonds. The van der Waals surface area contributed by atoms with Gasteiger partial charge in [-0.3, -0.25) is 4.79 Å². The minimum atomic E-state index is 0.0624. The van der Waals surface area contributed by atoms with E-state index in [9.17, 15) is 4.79 Å². The van der Waals surface area contributed by atoms with Crippen LogP contribution in [0.2, 0.25) is 0 Å². The molecule has 132 valence electrons. The van der Waals surface area contributed by atoms with Crippen molar-refractivity contribution in [2.75, 3.05) is 40.0 Å². The Morgan fingerprint density at radius 1 is 1.33 bits per heavy atom. The molecule has 3 rings (SSSR count). The molecular formula is C18H28N4OS. The highest BCUT2D eigenvalue weighted by Gasteiger charge is 2.30. The van der Waals surface area contributed by atoms with Gasteiger partial charge in [0.25, 0.3) is 5.91 Å². The Kier molecular flexibility index (Phi) is 5.45. The Hall–Kier alpha value is -1.14. The van der Waals surface area contributed by atoms with Crippen LogP contribution in [0.15, 0.2) is 5.03 Å². The van der Waals surface area contributed by atoms with E-state index in [4.69, 9.17) is 0 Å². The number of likely N-dealkylation sites (tertiary alicyclic amines) is 1. The van der Waals surface area contributed by atoms with E-state index in [2.05, 4.69) is 21.9 Å². The number of aromatic nitrogens is 2. The van der Waals surface area contributed by atoms with Crippen molar-refractivity contribution in [3.8, 4) is 0 Å². The zero-order valence-corrected chi connectivity index (χ0v) is 16.0. The van der Waals surface area contributed by atoms with Gasteiger partial charge in [0.05, 0.1) is 11.3 Å². The molecular weight excluding hydrogens is 320 g/mol. The summed E-state index contributed by atoms with van der Waals surface area (Å²) in [6.07, 6.45) is 6.77. The minimum absolute atomic E-state index is 0.0624. The van der Waals surface area contributed by atoms with Gasteiger partial charge in [-0.2, -0.15) is 0 Å². The zero-order chi connectivity index (χ0) is 17.3. The summed E-state index contributed by atoms with van der Waals surface area (Å²) >= 11 is 1.55. The predicted octanol–water partition coefficient (Wildman–Crippen LogP) is 2.80. The minimum Gasteiger partial charge on any atom is -0.341 e. The van der Waals surface area contributed by atoms with Crippen molar-refractivity contribution < 1.29 is 4.79 Å². The van der Waals surface area contributed by atoms with E-state index >= 15 is 0 Å². The second-order valence-electron chi connectivity index (χ2n) is 7.28. The maximum atomic E-state index is 13.0. The molecule has 0 aromatic carbocycles. The topological polar surface area (TPSA) is 49.3 Å². The van der Waals surface area contributed by atoms with Gasteiger partial charge < -0.3 is 9.80 Å². The van der Waals surface area contributed by atoms with E-state index in [1.54, 1.807) is 11.8 Å². The fraction of sp³-hybridized carbons (Fsp3) is 0.722. The highest BCUT2D eigenvalue weighted by molar-refractivity contribution is 7.98. The van der Waals surface area contributed by atoms with Crippen molar-refractivity contribution >= 4 is 17.7 Å². The van der Waals surface area contributed by atoms with Crippen LogP contribution in [0.1, 0.15) is 53.5 Å². The number of piperidine rings is 1. The third-order valence-corrected chi connectivity index (χ3v) is 5.71. The standard InChI is InChI=1S/C18H28N4OS/c1-12-15(17(24-4)20-16(19-12)14-7-8-14)18(23)22(3)11-13-6-5-9-21(2)10-13/h13-14H,5-11H2,1-4H3. The monoisotopic (exact) mass is 348 g/mol. The predicted molar refractivity (Wildman–Crippen MR) is 97.7 cm³/mol. The smallest absolute Gasteiger partial charge is 0.258 e. The molecule has 0 bridgehead atoms.